The number of carbonyl (C=O) groups excluding carboxylic acids is 1. The molecule has 0 spiro atoms. The molecule has 0 saturated carbocycles. The van der Waals surface area contributed by atoms with Crippen LogP contribution in [-0.2, 0) is 14.3 Å². The minimum atomic E-state index is -0.981. The highest BCUT2D eigenvalue weighted by Crippen LogP contribution is 2.16. The van der Waals surface area contributed by atoms with Gasteiger partial charge < -0.3 is 9.84 Å². The third-order valence-electron chi connectivity index (χ3n) is 2.83. The molecule has 0 aliphatic heterocycles. The van der Waals surface area contributed by atoms with E-state index in [2.05, 4.69) is 27.0 Å². The van der Waals surface area contributed by atoms with Crippen LogP contribution in [-0.4, -0.2) is 23.7 Å². The molecule has 0 aromatic rings. The van der Waals surface area contributed by atoms with Gasteiger partial charge in [-0.1, -0.05) is 52.7 Å². The second kappa shape index (κ2) is 13.8. The first-order valence-corrected chi connectivity index (χ1v) is 7.06. The zero-order valence-electron chi connectivity index (χ0n) is 13.0. The van der Waals surface area contributed by atoms with E-state index < -0.39 is 5.97 Å². The van der Waals surface area contributed by atoms with Gasteiger partial charge in [0.25, 0.3) is 0 Å². The molecular formula is C16H28O4. The number of rotatable bonds is 9. The van der Waals surface area contributed by atoms with Crippen LogP contribution in [0.3, 0.4) is 0 Å². The highest BCUT2D eigenvalue weighted by atomic mass is 16.5. The topological polar surface area (TPSA) is 63.6 Å². The van der Waals surface area contributed by atoms with Gasteiger partial charge in [-0.25, -0.2) is 9.59 Å². The quantitative estimate of drug-likeness (QED) is 0.514. The first-order valence-electron chi connectivity index (χ1n) is 7.06. The number of carbonyl (C=O) groups is 2. The Morgan fingerprint density at radius 3 is 2.20 bits per heavy atom. The molecule has 0 saturated heterocycles. The van der Waals surface area contributed by atoms with Crippen LogP contribution in [0.2, 0.25) is 0 Å². The molecule has 0 fully saturated rings. The van der Waals surface area contributed by atoms with Gasteiger partial charge in [-0.2, -0.15) is 0 Å². The van der Waals surface area contributed by atoms with Gasteiger partial charge in [-0.3, -0.25) is 0 Å². The van der Waals surface area contributed by atoms with Gasteiger partial charge in [-0.05, 0) is 19.3 Å². The third-order valence-corrected chi connectivity index (χ3v) is 2.83. The van der Waals surface area contributed by atoms with E-state index in [1.165, 1.54) is 25.7 Å². The van der Waals surface area contributed by atoms with Gasteiger partial charge in [0.15, 0.2) is 0 Å². The van der Waals surface area contributed by atoms with Crippen LogP contribution in [0.15, 0.2) is 24.8 Å². The molecule has 0 aliphatic rings. The van der Waals surface area contributed by atoms with Crippen molar-refractivity contribution < 1.29 is 19.4 Å². The van der Waals surface area contributed by atoms with Gasteiger partial charge in [-0.15, -0.1) is 0 Å². The Morgan fingerprint density at radius 2 is 1.85 bits per heavy atom. The van der Waals surface area contributed by atoms with Crippen molar-refractivity contribution >= 4 is 11.9 Å². The summed E-state index contributed by atoms with van der Waals surface area (Å²) in [4.78, 5) is 20.4. The van der Waals surface area contributed by atoms with E-state index in [1.54, 1.807) is 6.92 Å². The second-order valence-electron chi connectivity index (χ2n) is 4.66. The van der Waals surface area contributed by atoms with Crippen molar-refractivity contribution in [1.82, 2.24) is 0 Å². The van der Waals surface area contributed by atoms with Crippen molar-refractivity contribution in [1.29, 1.82) is 0 Å². The van der Waals surface area contributed by atoms with Crippen molar-refractivity contribution in [2.45, 2.75) is 52.9 Å². The van der Waals surface area contributed by atoms with E-state index >= 15 is 0 Å². The smallest absolute Gasteiger partial charge is 0.333 e. The zero-order chi connectivity index (χ0) is 16.0. The molecular weight excluding hydrogens is 256 g/mol. The normalized spacial score (nSPS) is 10.8. The number of unbranched alkanes of at least 4 members (excludes halogenated alkanes) is 1. The molecule has 0 bridgehead atoms. The summed E-state index contributed by atoms with van der Waals surface area (Å²) in [7, 11) is 0. The van der Waals surface area contributed by atoms with Crippen LogP contribution in [0, 0.1) is 5.92 Å². The largest absolute Gasteiger partial charge is 0.478 e. The number of esters is 1. The summed E-state index contributed by atoms with van der Waals surface area (Å²) in [5.74, 6) is -0.548. The van der Waals surface area contributed by atoms with Crippen molar-refractivity contribution in [2.24, 2.45) is 5.92 Å². The summed E-state index contributed by atoms with van der Waals surface area (Å²) in [6.07, 6.45) is 6.74. The third kappa shape index (κ3) is 14.5. The Labute approximate surface area is 122 Å². The summed E-state index contributed by atoms with van der Waals surface area (Å²) in [6.45, 7) is 13.1. The fourth-order valence-corrected chi connectivity index (χ4v) is 1.49. The minimum Gasteiger partial charge on any atom is -0.478 e. The lowest BCUT2D eigenvalue weighted by Crippen LogP contribution is -2.10. The van der Waals surface area contributed by atoms with E-state index in [-0.39, 0.29) is 5.97 Å². The molecule has 0 rings (SSSR count). The Balaban J connectivity index is 0. The molecule has 4 nitrogen and oxygen atoms in total. The van der Waals surface area contributed by atoms with Gasteiger partial charge >= 0.3 is 11.9 Å². The number of hydrogen-bond acceptors (Lipinski definition) is 3. The Kier molecular flexibility index (Phi) is 14.3. The zero-order valence-corrected chi connectivity index (χ0v) is 13.0. The average Bonchev–Trinajstić information content (AvgIpc) is 2.42. The first-order chi connectivity index (χ1) is 9.38. The van der Waals surface area contributed by atoms with Crippen LogP contribution >= 0.6 is 0 Å². The van der Waals surface area contributed by atoms with Crippen LogP contribution in [0.25, 0.3) is 0 Å². The number of ether oxygens (including phenoxy) is 1. The standard InChI is InChI=1S/C13H24O2.C3H4O2/c1-5-7-8-12(6-2)9-10-15-13(14)11(3)4;1-2-3(4)5/h12H,3,5-10H2,1-2,4H3;2H,1H2,(H,4,5). The SMILES string of the molecule is C=C(C)C(=O)OCCC(CC)CCCC.C=CC(=O)O. The van der Waals surface area contributed by atoms with Gasteiger partial charge in [0.05, 0.1) is 6.61 Å². The fourth-order valence-electron chi connectivity index (χ4n) is 1.49. The molecule has 1 atom stereocenters. The molecule has 0 aromatic heterocycles. The van der Waals surface area contributed by atoms with Crippen LogP contribution < -0.4 is 0 Å². The van der Waals surface area contributed by atoms with Crippen molar-refractivity contribution in [3.8, 4) is 0 Å². The van der Waals surface area contributed by atoms with Crippen LogP contribution in [0.1, 0.15) is 52.9 Å². The Morgan fingerprint density at radius 1 is 1.30 bits per heavy atom. The number of aliphatic carboxylic acids is 1. The molecule has 0 amide bonds. The summed E-state index contributed by atoms with van der Waals surface area (Å²) >= 11 is 0. The Hall–Kier alpha value is -1.58. The van der Waals surface area contributed by atoms with E-state index in [9.17, 15) is 9.59 Å². The number of carboxylic acids is 1. The predicted octanol–water partition coefficient (Wildman–Crippen LogP) is 3.97. The lowest BCUT2D eigenvalue weighted by atomic mass is 9.96. The molecule has 0 radical (unpaired) electrons. The predicted molar refractivity (Wildman–Crippen MR) is 81.5 cm³/mol. The van der Waals surface area contributed by atoms with Gasteiger partial charge in [0.2, 0.25) is 0 Å². The lowest BCUT2D eigenvalue weighted by Gasteiger charge is -2.14. The molecule has 0 aliphatic carbocycles. The molecule has 0 heterocycles. The monoisotopic (exact) mass is 284 g/mol. The summed E-state index contributed by atoms with van der Waals surface area (Å²) in [5.41, 5.74) is 0.483. The van der Waals surface area contributed by atoms with E-state index in [1.807, 2.05) is 0 Å². The van der Waals surface area contributed by atoms with Gasteiger partial charge in [0.1, 0.15) is 0 Å². The Bertz CT molecular complexity index is 308. The summed E-state index contributed by atoms with van der Waals surface area (Å²) < 4.78 is 5.08. The maximum Gasteiger partial charge on any atom is 0.333 e. The van der Waals surface area contributed by atoms with E-state index in [0.29, 0.717) is 18.1 Å². The van der Waals surface area contributed by atoms with Crippen molar-refractivity contribution in [2.75, 3.05) is 6.61 Å². The number of carboxylic acid groups (broad SMARTS) is 1. The summed E-state index contributed by atoms with van der Waals surface area (Å²) in [5, 5.41) is 7.60. The van der Waals surface area contributed by atoms with Crippen LogP contribution in [0.4, 0.5) is 0 Å². The van der Waals surface area contributed by atoms with Crippen molar-refractivity contribution in [3.63, 3.8) is 0 Å². The van der Waals surface area contributed by atoms with Crippen LogP contribution in [0.5, 0.6) is 0 Å². The molecule has 1 N–H and O–H groups in total. The average molecular weight is 284 g/mol. The molecule has 0 aromatic carbocycles. The van der Waals surface area contributed by atoms with E-state index in [4.69, 9.17) is 9.84 Å². The molecule has 116 valence electrons. The highest BCUT2D eigenvalue weighted by molar-refractivity contribution is 5.86. The number of hydrogen-bond donors (Lipinski definition) is 1. The fraction of sp³-hybridized carbons (Fsp3) is 0.625. The minimum absolute atomic E-state index is 0.264. The van der Waals surface area contributed by atoms with E-state index in [0.717, 1.165) is 12.5 Å². The van der Waals surface area contributed by atoms with Crippen molar-refractivity contribution in [3.05, 3.63) is 24.8 Å². The molecule has 20 heavy (non-hydrogen) atoms. The highest BCUT2D eigenvalue weighted by Gasteiger charge is 2.08. The van der Waals surface area contributed by atoms with Gasteiger partial charge in [0, 0.05) is 11.6 Å². The lowest BCUT2D eigenvalue weighted by molar-refractivity contribution is -0.139. The second-order valence-corrected chi connectivity index (χ2v) is 4.66. The first kappa shape index (κ1) is 20.7. The molecule has 4 heteroatoms. The summed E-state index contributed by atoms with van der Waals surface area (Å²) in [6, 6.07) is 0. The maximum atomic E-state index is 11.1. The molecule has 1 unspecified atom stereocenters. The maximum absolute atomic E-state index is 11.1.